The van der Waals surface area contributed by atoms with E-state index in [1.54, 1.807) is 0 Å². The summed E-state index contributed by atoms with van der Waals surface area (Å²) < 4.78 is 0. The molecule has 0 aromatic carbocycles. The molecule has 3 aliphatic carbocycles. The second kappa shape index (κ2) is 4.42. The lowest BCUT2D eigenvalue weighted by atomic mass is 9.82. The minimum Gasteiger partial charge on any atom is -0.298 e. The summed E-state index contributed by atoms with van der Waals surface area (Å²) in [5.41, 5.74) is 0. The Morgan fingerprint density at radius 1 is 0.778 bits per heavy atom. The van der Waals surface area contributed by atoms with Crippen LogP contribution in [-0.2, 0) is 4.79 Å². The average Bonchev–Trinajstić information content (AvgIpc) is 2.46. The molecule has 4 atom stereocenters. The van der Waals surface area contributed by atoms with E-state index in [9.17, 15) is 4.79 Å². The lowest BCUT2D eigenvalue weighted by Gasteiger charge is -2.29. The van der Waals surface area contributed by atoms with E-state index in [1.807, 2.05) is 24.3 Å². The van der Waals surface area contributed by atoms with Gasteiger partial charge in [-0.1, -0.05) is 70.7 Å². The molecule has 3 rings (SSSR count). The van der Waals surface area contributed by atoms with Gasteiger partial charge in [0.15, 0.2) is 0 Å². The van der Waals surface area contributed by atoms with Gasteiger partial charge in [-0.15, -0.1) is 0 Å². The Hall–Kier alpha value is -0.210. The largest absolute Gasteiger partial charge is 0.298 e. The van der Waals surface area contributed by atoms with Crippen molar-refractivity contribution in [1.29, 1.82) is 0 Å². The number of carbonyl (C=O) groups excluding carboxylic acids is 1. The van der Waals surface area contributed by atoms with Crippen LogP contribution in [0.5, 0.6) is 0 Å². The summed E-state index contributed by atoms with van der Waals surface area (Å²) >= 11 is 24.7. The highest BCUT2D eigenvalue weighted by Crippen LogP contribution is 2.56. The fraction of sp³-hybridized carbons (Fsp3) is 0.308. The molecule has 0 unspecified atom stereocenters. The highest BCUT2D eigenvalue weighted by molar-refractivity contribution is 6.51. The Bertz CT molecular complexity index is 507. The third-order valence-corrected chi connectivity index (χ3v) is 5.72. The predicted octanol–water partition coefficient (Wildman–Crippen LogP) is 4.55. The van der Waals surface area contributed by atoms with Crippen LogP contribution in [0.4, 0.5) is 0 Å². The summed E-state index contributed by atoms with van der Waals surface area (Å²) in [6.07, 6.45) is 7.45. The van der Waals surface area contributed by atoms with Gasteiger partial charge >= 0.3 is 0 Å². The van der Waals surface area contributed by atoms with E-state index >= 15 is 0 Å². The molecule has 0 amide bonds. The molecule has 94 valence electrons. The van der Waals surface area contributed by atoms with Gasteiger partial charge in [0.1, 0.15) is 5.78 Å². The first-order valence-corrected chi connectivity index (χ1v) is 7.04. The molecule has 1 saturated carbocycles. The first kappa shape index (κ1) is 12.8. The zero-order chi connectivity index (χ0) is 13.0. The Balaban J connectivity index is 2.20. The molecule has 1 nitrogen and oxygen atoms in total. The van der Waals surface area contributed by atoms with Crippen LogP contribution in [0.3, 0.4) is 0 Å². The maximum Gasteiger partial charge on any atom is 0.147 e. The lowest BCUT2D eigenvalue weighted by Crippen LogP contribution is -2.22. The maximum absolute atomic E-state index is 12.3. The monoisotopic (exact) mass is 320 g/mol. The van der Waals surface area contributed by atoms with Crippen LogP contribution in [0.2, 0.25) is 0 Å². The summed E-state index contributed by atoms with van der Waals surface area (Å²) in [6.45, 7) is 0. The Kier molecular flexibility index (Phi) is 3.14. The van der Waals surface area contributed by atoms with Gasteiger partial charge in [-0.05, 0) is 0 Å². The second-order valence-corrected chi connectivity index (χ2v) is 6.17. The molecule has 0 aliphatic heterocycles. The number of hydrogen-bond donors (Lipinski definition) is 0. The zero-order valence-electron chi connectivity index (χ0n) is 9.04. The van der Waals surface area contributed by atoms with Gasteiger partial charge in [0.05, 0.1) is 10.1 Å². The SMILES string of the molecule is O=C1[C@H]2C=CC=C[C@H]1[C@H]1C(Cl)=C(Cl)C(Cl)=C(Cl)[C@@H]12. The molecule has 0 heterocycles. The van der Waals surface area contributed by atoms with E-state index in [-0.39, 0.29) is 39.5 Å². The van der Waals surface area contributed by atoms with Crippen LogP contribution in [0.25, 0.3) is 0 Å². The quantitative estimate of drug-likeness (QED) is 0.639. The molecule has 0 aromatic heterocycles. The number of ketones is 1. The van der Waals surface area contributed by atoms with E-state index in [0.29, 0.717) is 10.1 Å². The van der Waals surface area contributed by atoms with E-state index in [4.69, 9.17) is 46.4 Å². The number of rotatable bonds is 0. The van der Waals surface area contributed by atoms with Gasteiger partial charge < -0.3 is 0 Å². The number of halogens is 4. The molecule has 0 saturated heterocycles. The smallest absolute Gasteiger partial charge is 0.147 e. The van der Waals surface area contributed by atoms with E-state index in [0.717, 1.165) is 0 Å². The van der Waals surface area contributed by atoms with E-state index < -0.39 is 0 Å². The van der Waals surface area contributed by atoms with Crippen LogP contribution in [0.1, 0.15) is 0 Å². The predicted molar refractivity (Wildman–Crippen MR) is 74.7 cm³/mol. The van der Waals surface area contributed by atoms with Crippen molar-refractivity contribution < 1.29 is 4.79 Å². The molecule has 18 heavy (non-hydrogen) atoms. The standard InChI is InChI=1S/C13H8Cl4O/c14-9-7-5-3-1-2-4-6(13(5)18)8(7)10(15)12(17)11(9)16/h1-8H/t5-,6-,7+,8+/m0/s1. The Labute approximate surface area is 125 Å². The van der Waals surface area contributed by atoms with E-state index in [2.05, 4.69) is 0 Å². The molecule has 3 aliphatic rings. The molecule has 1 fully saturated rings. The first-order chi connectivity index (χ1) is 8.54. The molecule has 5 heteroatoms. The van der Waals surface area contributed by atoms with Crippen molar-refractivity contribution in [1.82, 2.24) is 0 Å². The molecular formula is C13H8Cl4O. The average molecular weight is 322 g/mol. The Morgan fingerprint density at radius 3 is 1.56 bits per heavy atom. The van der Waals surface area contributed by atoms with Crippen LogP contribution in [0, 0.1) is 23.7 Å². The molecule has 0 N–H and O–H groups in total. The topological polar surface area (TPSA) is 17.1 Å². The van der Waals surface area contributed by atoms with Crippen molar-refractivity contribution in [2.24, 2.45) is 23.7 Å². The van der Waals surface area contributed by atoms with Gasteiger partial charge in [-0.3, -0.25) is 4.79 Å². The summed E-state index contributed by atoms with van der Waals surface area (Å²) in [5, 5.41) is 1.41. The summed E-state index contributed by atoms with van der Waals surface area (Å²) in [6, 6.07) is 0. The zero-order valence-corrected chi connectivity index (χ0v) is 12.1. The summed E-state index contributed by atoms with van der Waals surface area (Å²) in [4.78, 5) is 12.3. The van der Waals surface area contributed by atoms with Crippen LogP contribution >= 0.6 is 46.4 Å². The van der Waals surface area contributed by atoms with Gasteiger partial charge in [-0.2, -0.15) is 0 Å². The van der Waals surface area contributed by atoms with Gasteiger partial charge in [0.2, 0.25) is 0 Å². The van der Waals surface area contributed by atoms with Crippen LogP contribution in [-0.4, -0.2) is 5.78 Å². The normalized spacial score (nSPS) is 38.3. The van der Waals surface area contributed by atoms with Gasteiger partial charge in [0, 0.05) is 33.7 Å². The molecule has 0 aromatic rings. The molecular weight excluding hydrogens is 314 g/mol. The number of hydrogen-bond acceptors (Lipinski definition) is 1. The summed E-state index contributed by atoms with van der Waals surface area (Å²) in [7, 11) is 0. The van der Waals surface area contributed by atoms with Gasteiger partial charge in [0.25, 0.3) is 0 Å². The summed E-state index contributed by atoms with van der Waals surface area (Å²) in [5.74, 6) is -0.785. The van der Waals surface area contributed by atoms with Crippen molar-refractivity contribution in [3.8, 4) is 0 Å². The highest BCUT2D eigenvalue weighted by atomic mass is 35.5. The van der Waals surface area contributed by atoms with Crippen molar-refractivity contribution in [2.75, 3.05) is 0 Å². The molecule has 0 radical (unpaired) electrons. The fourth-order valence-corrected chi connectivity index (χ4v) is 4.24. The minimum atomic E-state index is -0.269. The third kappa shape index (κ3) is 1.58. The second-order valence-electron chi connectivity index (χ2n) is 4.60. The number of carbonyl (C=O) groups is 1. The van der Waals surface area contributed by atoms with Crippen LogP contribution in [0.15, 0.2) is 44.4 Å². The van der Waals surface area contributed by atoms with Gasteiger partial charge in [-0.25, -0.2) is 0 Å². The van der Waals surface area contributed by atoms with Crippen LogP contribution < -0.4 is 0 Å². The number of allylic oxidation sites excluding steroid dienone is 8. The first-order valence-electron chi connectivity index (χ1n) is 5.53. The van der Waals surface area contributed by atoms with Crippen molar-refractivity contribution in [3.05, 3.63) is 44.4 Å². The fourth-order valence-electron chi connectivity index (χ4n) is 2.95. The molecule has 0 spiro atoms. The van der Waals surface area contributed by atoms with E-state index in [1.165, 1.54) is 0 Å². The molecule has 2 bridgehead atoms. The minimum absolute atomic E-state index is 0.127. The van der Waals surface area contributed by atoms with Crippen molar-refractivity contribution >= 4 is 52.2 Å². The third-order valence-electron chi connectivity index (χ3n) is 3.76. The van der Waals surface area contributed by atoms with Crippen molar-refractivity contribution in [2.45, 2.75) is 0 Å². The number of Topliss-reactive ketones (excluding diaryl/α,β-unsaturated/α-hetero) is 1. The maximum atomic E-state index is 12.3. The van der Waals surface area contributed by atoms with Crippen molar-refractivity contribution in [3.63, 3.8) is 0 Å². The highest BCUT2D eigenvalue weighted by Gasteiger charge is 2.53. The number of fused-ring (bicyclic) bond motifs is 5. The Morgan fingerprint density at radius 2 is 1.17 bits per heavy atom. The lowest BCUT2D eigenvalue weighted by molar-refractivity contribution is -0.121.